The average Bonchev–Trinajstić information content (AvgIpc) is 2.61. The number of carbonyl (C=O) groups excluding carboxylic acids is 2. The number of amides is 3. The fourth-order valence-electron chi connectivity index (χ4n) is 5.40. The molecule has 3 rings (SSSR count). The number of fused-ring (bicyclic) bond motifs is 1. The van der Waals surface area contributed by atoms with Crippen LogP contribution >= 0.6 is 0 Å². The Morgan fingerprint density at radius 3 is 2.42 bits per heavy atom. The summed E-state index contributed by atoms with van der Waals surface area (Å²) in [5.74, 6) is -1.19. The van der Waals surface area contributed by atoms with E-state index in [0.717, 1.165) is 44.9 Å². The maximum atomic E-state index is 13.2. The Morgan fingerprint density at radius 1 is 1.04 bits per heavy atom. The van der Waals surface area contributed by atoms with Crippen LogP contribution < -0.4 is 5.73 Å². The van der Waals surface area contributed by atoms with Gasteiger partial charge in [-0.05, 0) is 43.4 Å². The second-order valence-corrected chi connectivity index (χ2v) is 8.38. The summed E-state index contributed by atoms with van der Waals surface area (Å²) in [4.78, 5) is 40.5. The predicted molar refractivity (Wildman–Crippen MR) is 96.2 cm³/mol. The lowest BCUT2D eigenvalue weighted by atomic mass is 9.67. The summed E-state index contributed by atoms with van der Waals surface area (Å²) in [6.45, 7) is 3.73. The van der Waals surface area contributed by atoms with Gasteiger partial charge in [-0.15, -0.1) is 0 Å². The molecule has 2 heterocycles. The molecule has 2 aliphatic heterocycles. The molecular weight excluding hydrogens is 334 g/mol. The minimum absolute atomic E-state index is 0.0530. The molecule has 2 saturated heterocycles. The maximum Gasteiger partial charge on any atom is 0.407 e. The zero-order valence-electron chi connectivity index (χ0n) is 15.6. The topological polar surface area (TPSA) is 104 Å². The quantitative estimate of drug-likeness (QED) is 0.745. The van der Waals surface area contributed by atoms with Crippen molar-refractivity contribution in [1.29, 1.82) is 0 Å². The van der Waals surface area contributed by atoms with Gasteiger partial charge >= 0.3 is 6.09 Å². The summed E-state index contributed by atoms with van der Waals surface area (Å²) >= 11 is 0. The molecule has 5 unspecified atom stereocenters. The Morgan fingerprint density at radius 2 is 1.77 bits per heavy atom. The van der Waals surface area contributed by atoms with E-state index in [9.17, 15) is 19.5 Å². The summed E-state index contributed by atoms with van der Waals surface area (Å²) in [7, 11) is 0. The lowest BCUT2D eigenvalue weighted by Crippen LogP contribution is -2.61. The molecule has 146 valence electrons. The number of nitrogens with zero attached hydrogens (tertiary/aromatic N) is 2. The van der Waals surface area contributed by atoms with Crippen molar-refractivity contribution in [1.82, 2.24) is 9.80 Å². The van der Waals surface area contributed by atoms with Crippen LogP contribution in [0.4, 0.5) is 4.79 Å². The fourth-order valence-corrected chi connectivity index (χ4v) is 5.40. The molecule has 0 aromatic rings. The van der Waals surface area contributed by atoms with Gasteiger partial charge in [-0.1, -0.05) is 26.2 Å². The largest absolute Gasteiger partial charge is 0.465 e. The van der Waals surface area contributed by atoms with E-state index in [1.165, 1.54) is 4.90 Å². The SMILES string of the molecule is CC1CCCN(C(=O)C(C(N)=O)C2C3CCCCC3CCN2C(=O)O)C1. The van der Waals surface area contributed by atoms with Crippen LogP contribution in [0.5, 0.6) is 0 Å². The molecule has 0 bridgehead atoms. The van der Waals surface area contributed by atoms with Gasteiger partial charge in [0.05, 0.1) is 6.04 Å². The summed E-state index contributed by atoms with van der Waals surface area (Å²) in [6, 6.07) is -0.617. The highest BCUT2D eigenvalue weighted by Crippen LogP contribution is 2.42. The first kappa shape index (κ1) is 19.0. The first-order chi connectivity index (χ1) is 12.4. The Hall–Kier alpha value is -1.79. The van der Waals surface area contributed by atoms with E-state index in [1.807, 2.05) is 0 Å². The number of primary amides is 1. The third-order valence-corrected chi connectivity index (χ3v) is 6.64. The lowest BCUT2D eigenvalue weighted by molar-refractivity contribution is -0.148. The van der Waals surface area contributed by atoms with E-state index in [0.29, 0.717) is 31.5 Å². The Bertz CT molecular complexity index is 567. The van der Waals surface area contributed by atoms with Gasteiger partial charge in [0.1, 0.15) is 5.92 Å². The van der Waals surface area contributed by atoms with Crippen LogP contribution in [0, 0.1) is 23.7 Å². The molecule has 7 heteroatoms. The summed E-state index contributed by atoms with van der Waals surface area (Å²) < 4.78 is 0. The van der Waals surface area contributed by atoms with Gasteiger partial charge in [-0.2, -0.15) is 0 Å². The van der Waals surface area contributed by atoms with Crippen molar-refractivity contribution < 1.29 is 19.5 Å². The summed E-state index contributed by atoms with van der Waals surface area (Å²) in [6.07, 6.45) is 5.82. The minimum Gasteiger partial charge on any atom is -0.465 e. The molecule has 26 heavy (non-hydrogen) atoms. The molecule has 3 aliphatic rings. The van der Waals surface area contributed by atoms with E-state index >= 15 is 0 Å². The van der Waals surface area contributed by atoms with E-state index < -0.39 is 24.0 Å². The van der Waals surface area contributed by atoms with E-state index in [2.05, 4.69) is 6.92 Å². The third kappa shape index (κ3) is 3.67. The Balaban J connectivity index is 1.90. The lowest BCUT2D eigenvalue weighted by Gasteiger charge is -2.49. The number of carbonyl (C=O) groups is 3. The van der Waals surface area contributed by atoms with Gasteiger partial charge in [-0.3, -0.25) is 9.59 Å². The van der Waals surface area contributed by atoms with Gasteiger partial charge in [0.2, 0.25) is 11.8 Å². The van der Waals surface area contributed by atoms with Crippen molar-refractivity contribution in [2.24, 2.45) is 29.4 Å². The molecule has 7 nitrogen and oxygen atoms in total. The van der Waals surface area contributed by atoms with E-state index in [-0.39, 0.29) is 11.8 Å². The molecule has 0 spiro atoms. The highest BCUT2D eigenvalue weighted by atomic mass is 16.4. The first-order valence-electron chi connectivity index (χ1n) is 9.97. The number of rotatable bonds is 3. The van der Waals surface area contributed by atoms with Crippen LogP contribution in [-0.4, -0.2) is 58.5 Å². The van der Waals surface area contributed by atoms with Crippen LogP contribution in [0.15, 0.2) is 0 Å². The van der Waals surface area contributed by atoms with Crippen molar-refractivity contribution >= 4 is 17.9 Å². The predicted octanol–water partition coefficient (Wildman–Crippen LogP) is 1.91. The number of piperidine rings is 2. The number of carboxylic acid groups (broad SMARTS) is 1. The van der Waals surface area contributed by atoms with Gasteiger partial charge in [0, 0.05) is 19.6 Å². The van der Waals surface area contributed by atoms with E-state index in [4.69, 9.17) is 5.73 Å². The highest BCUT2D eigenvalue weighted by molar-refractivity contribution is 6.00. The van der Waals surface area contributed by atoms with Crippen LogP contribution in [-0.2, 0) is 9.59 Å². The number of nitrogens with two attached hydrogens (primary N) is 1. The third-order valence-electron chi connectivity index (χ3n) is 6.64. The number of likely N-dealkylation sites (tertiary alicyclic amines) is 2. The second-order valence-electron chi connectivity index (χ2n) is 8.38. The smallest absolute Gasteiger partial charge is 0.407 e. The summed E-state index contributed by atoms with van der Waals surface area (Å²) in [5, 5.41) is 9.71. The molecule has 3 fully saturated rings. The average molecular weight is 365 g/mol. The molecule has 1 saturated carbocycles. The first-order valence-corrected chi connectivity index (χ1v) is 9.97. The van der Waals surface area contributed by atoms with Crippen molar-refractivity contribution in [2.75, 3.05) is 19.6 Å². The molecule has 3 amide bonds. The number of hydrogen-bond acceptors (Lipinski definition) is 3. The van der Waals surface area contributed by atoms with Crippen LogP contribution in [0.25, 0.3) is 0 Å². The normalized spacial score (nSPS) is 33.3. The molecule has 0 aromatic heterocycles. The Kier molecular flexibility index (Phi) is 5.73. The van der Waals surface area contributed by atoms with Gasteiger partial charge < -0.3 is 20.6 Å². The van der Waals surface area contributed by atoms with Crippen molar-refractivity contribution in [3.05, 3.63) is 0 Å². The molecule has 3 N–H and O–H groups in total. The van der Waals surface area contributed by atoms with Gasteiger partial charge in [0.25, 0.3) is 0 Å². The summed E-state index contributed by atoms with van der Waals surface area (Å²) in [5.41, 5.74) is 5.69. The van der Waals surface area contributed by atoms with Crippen molar-refractivity contribution in [3.8, 4) is 0 Å². The fraction of sp³-hybridized carbons (Fsp3) is 0.842. The van der Waals surface area contributed by atoms with Crippen LogP contribution in [0.2, 0.25) is 0 Å². The van der Waals surface area contributed by atoms with Crippen LogP contribution in [0.1, 0.15) is 51.9 Å². The zero-order valence-corrected chi connectivity index (χ0v) is 15.6. The van der Waals surface area contributed by atoms with Crippen molar-refractivity contribution in [2.45, 2.75) is 57.9 Å². The molecule has 5 atom stereocenters. The monoisotopic (exact) mass is 365 g/mol. The van der Waals surface area contributed by atoms with E-state index in [1.54, 1.807) is 4.90 Å². The molecule has 0 radical (unpaired) electrons. The maximum absolute atomic E-state index is 13.2. The highest BCUT2D eigenvalue weighted by Gasteiger charge is 2.50. The standard InChI is InChI=1S/C19H31N3O4/c1-12-5-4-9-21(11-12)18(24)15(17(20)23)16-14-7-3-2-6-13(14)8-10-22(16)19(25)26/h12-16H,2-11H2,1H3,(H2,20,23)(H,25,26). The molecule has 0 aromatic carbocycles. The molecular formula is C19H31N3O4. The minimum atomic E-state index is -1.07. The van der Waals surface area contributed by atoms with Gasteiger partial charge in [0.15, 0.2) is 0 Å². The second kappa shape index (κ2) is 7.84. The number of hydrogen-bond donors (Lipinski definition) is 2. The van der Waals surface area contributed by atoms with Gasteiger partial charge in [-0.25, -0.2) is 4.79 Å². The Labute approximate surface area is 154 Å². The van der Waals surface area contributed by atoms with Crippen LogP contribution in [0.3, 0.4) is 0 Å². The molecule has 1 aliphatic carbocycles. The van der Waals surface area contributed by atoms with Crippen molar-refractivity contribution in [3.63, 3.8) is 0 Å². The zero-order chi connectivity index (χ0) is 18.8.